The quantitative estimate of drug-likeness (QED) is 0.244. The van der Waals surface area contributed by atoms with Crippen LogP contribution in [-0.2, 0) is 14.3 Å². The average Bonchev–Trinajstić information content (AvgIpc) is 2.01. The fourth-order valence-corrected chi connectivity index (χ4v) is 0.454. The Morgan fingerprint density at radius 2 is 2.36 bits per heavy atom. The number of nitrogens with one attached hydrogen (secondary N) is 1. The average molecular weight is 157 g/mol. The van der Waals surface area contributed by atoms with Gasteiger partial charge in [-0.05, 0) is 0 Å². The molecule has 1 N–H and O–H groups in total. The van der Waals surface area contributed by atoms with E-state index in [1.54, 1.807) is 6.08 Å². The van der Waals surface area contributed by atoms with Gasteiger partial charge in [0.1, 0.15) is 6.61 Å². The summed E-state index contributed by atoms with van der Waals surface area (Å²) in [6.07, 6.45) is 2.17. The van der Waals surface area contributed by atoms with Crippen LogP contribution in [0.2, 0.25) is 0 Å². The smallest absolute Gasteiger partial charge is 0.320 e. The van der Waals surface area contributed by atoms with Gasteiger partial charge in [0.25, 0.3) is 0 Å². The van der Waals surface area contributed by atoms with Crippen molar-refractivity contribution in [3.63, 3.8) is 0 Å². The first-order chi connectivity index (χ1) is 5.31. The lowest BCUT2D eigenvalue weighted by molar-refractivity contribution is -0.144. The van der Waals surface area contributed by atoms with Crippen molar-refractivity contribution in [1.82, 2.24) is 5.32 Å². The highest BCUT2D eigenvalue weighted by Gasteiger charge is 1.98. The molecule has 11 heavy (non-hydrogen) atoms. The molecular weight excluding hydrogens is 146 g/mol. The molecule has 0 unspecified atom stereocenters. The highest BCUT2D eigenvalue weighted by Crippen LogP contribution is 1.73. The molecule has 0 saturated heterocycles. The second kappa shape index (κ2) is 6.95. The van der Waals surface area contributed by atoms with Crippen LogP contribution in [0.5, 0.6) is 0 Å². The second-order valence-electron chi connectivity index (χ2n) is 1.77. The molecule has 0 aliphatic heterocycles. The van der Waals surface area contributed by atoms with E-state index in [-0.39, 0.29) is 13.2 Å². The third-order valence-corrected chi connectivity index (χ3v) is 0.870. The van der Waals surface area contributed by atoms with Crippen molar-refractivity contribution in [2.75, 3.05) is 19.7 Å². The van der Waals surface area contributed by atoms with Crippen LogP contribution in [0.1, 0.15) is 0 Å². The van der Waals surface area contributed by atoms with E-state index in [1.165, 1.54) is 0 Å². The molecule has 0 amide bonds. The number of esters is 1. The third kappa shape index (κ3) is 6.73. The standard InChI is InChI=1S/C7H11NO3/c1-2-3-8-6-7(10)11-5-4-9/h2,4,8H,1,3,5-6H2. The molecule has 4 heteroatoms. The molecule has 0 aromatic rings. The molecular formula is C7H11NO3. The Morgan fingerprint density at radius 1 is 1.64 bits per heavy atom. The Bertz CT molecular complexity index is 145. The molecule has 0 fully saturated rings. The maximum atomic E-state index is 10.6. The van der Waals surface area contributed by atoms with Gasteiger partial charge in [-0.2, -0.15) is 0 Å². The minimum atomic E-state index is -0.432. The van der Waals surface area contributed by atoms with Crippen LogP contribution in [0.25, 0.3) is 0 Å². The molecule has 0 aliphatic carbocycles. The normalized spacial score (nSPS) is 8.73. The van der Waals surface area contributed by atoms with Crippen LogP contribution in [0.3, 0.4) is 0 Å². The van der Waals surface area contributed by atoms with Gasteiger partial charge in [0, 0.05) is 6.54 Å². The van der Waals surface area contributed by atoms with Gasteiger partial charge in [-0.25, -0.2) is 0 Å². The summed E-state index contributed by atoms with van der Waals surface area (Å²) in [5.41, 5.74) is 0. The number of hydrogen-bond acceptors (Lipinski definition) is 4. The van der Waals surface area contributed by atoms with Gasteiger partial charge < -0.3 is 10.1 Å². The van der Waals surface area contributed by atoms with Crippen LogP contribution in [-0.4, -0.2) is 32.0 Å². The van der Waals surface area contributed by atoms with E-state index in [2.05, 4.69) is 16.6 Å². The largest absolute Gasteiger partial charge is 0.457 e. The number of aldehydes is 1. The van der Waals surface area contributed by atoms with Gasteiger partial charge in [-0.1, -0.05) is 6.08 Å². The second-order valence-corrected chi connectivity index (χ2v) is 1.77. The molecule has 0 spiro atoms. The Labute approximate surface area is 65.2 Å². The van der Waals surface area contributed by atoms with E-state index < -0.39 is 5.97 Å². The SMILES string of the molecule is C=CCNCC(=O)OCC=O. The summed E-state index contributed by atoms with van der Waals surface area (Å²) >= 11 is 0. The Kier molecular flexibility index (Phi) is 6.22. The summed E-state index contributed by atoms with van der Waals surface area (Å²) in [5.74, 6) is -0.432. The van der Waals surface area contributed by atoms with Gasteiger partial charge in [-0.3, -0.25) is 9.59 Å². The first-order valence-electron chi connectivity index (χ1n) is 3.22. The molecule has 0 atom stereocenters. The molecule has 0 aromatic heterocycles. The molecule has 0 heterocycles. The van der Waals surface area contributed by atoms with Crippen molar-refractivity contribution in [2.24, 2.45) is 0 Å². The predicted octanol–water partition coefficient (Wildman–Crippen LogP) is -0.496. The Balaban J connectivity index is 3.21. The molecule has 0 aromatic carbocycles. The van der Waals surface area contributed by atoms with Crippen molar-refractivity contribution in [3.8, 4) is 0 Å². The van der Waals surface area contributed by atoms with Gasteiger partial charge in [-0.15, -0.1) is 6.58 Å². The fourth-order valence-electron chi connectivity index (χ4n) is 0.454. The Hall–Kier alpha value is -1.16. The van der Waals surface area contributed by atoms with Gasteiger partial charge in [0.2, 0.25) is 0 Å². The number of carbonyl (C=O) groups is 2. The third-order valence-electron chi connectivity index (χ3n) is 0.870. The van der Waals surface area contributed by atoms with E-state index in [9.17, 15) is 9.59 Å². The minimum Gasteiger partial charge on any atom is -0.457 e. The summed E-state index contributed by atoms with van der Waals surface area (Å²) in [5, 5.41) is 2.74. The lowest BCUT2D eigenvalue weighted by Crippen LogP contribution is -2.25. The van der Waals surface area contributed by atoms with E-state index in [0.29, 0.717) is 12.8 Å². The molecule has 4 nitrogen and oxygen atoms in total. The van der Waals surface area contributed by atoms with Gasteiger partial charge in [0.15, 0.2) is 6.29 Å². The maximum absolute atomic E-state index is 10.6. The van der Waals surface area contributed by atoms with Crippen LogP contribution < -0.4 is 5.32 Å². The van der Waals surface area contributed by atoms with Gasteiger partial charge in [0.05, 0.1) is 6.54 Å². The number of rotatable bonds is 6. The molecule has 62 valence electrons. The summed E-state index contributed by atoms with van der Waals surface area (Å²) in [7, 11) is 0. The lowest BCUT2D eigenvalue weighted by Gasteiger charge is -1.99. The number of ether oxygens (including phenoxy) is 1. The zero-order chi connectivity index (χ0) is 8.53. The summed E-state index contributed by atoms with van der Waals surface area (Å²) < 4.78 is 4.43. The monoisotopic (exact) mass is 157 g/mol. The first-order valence-corrected chi connectivity index (χ1v) is 3.22. The van der Waals surface area contributed by atoms with Crippen molar-refractivity contribution < 1.29 is 14.3 Å². The predicted molar refractivity (Wildman–Crippen MR) is 40.1 cm³/mol. The van der Waals surface area contributed by atoms with E-state index in [1.807, 2.05) is 0 Å². The molecule has 0 bridgehead atoms. The molecule has 0 saturated carbocycles. The minimum absolute atomic E-state index is 0.111. The van der Waals surface area contributed by atoms with Crippen molar-refractivity contribution >= 4 is 12.3 Å². The molecule has 0 aliphatic rings. The van der Waals surface area contributed by atoms with E-state index in [0.717, 1.165) is 0 Å². The highest BCUT2D eigenvalue weighted by molar-refractivity contribution is 5.73. The van der Waals surface area contributed by atoms with E-state index in [4.69, 9.17) is 0 Å². The number of carbonyl (C=O) groups excluding carboxylic acids is 2. The van der Waals surface area contributed by atoms with Crippen LogP contribution in [0.15, 0.2) is 12.7 Å². The van der Waals surface area contributed by atoms with Gasteiger partial charge >= 0.3 is 5.97 Å². The van der Waals surface area contributed by atoms with E-state index >= 15 is 0 Å². The fraction of sp³-hybridized carbons (Fsp3) is 0.429. The Morgan fingerprint density at radius 3 is 2.91 bits per heavy atom. The van der Waals surface area contributed by atoms with Crippen LogP contribution in [0, 0.1) is 0 Å². The highest BCUT2D eigenvalue weighted by atomic mass is 16.5. The molecule has 0 rings (SSSR count). The zero-order valence-electron chi connectivity index (χ0n) is 6.21. The zero-order valence-corrected chi connectivity index (χ0v) is 6.21. The lowest BCUT2D eigenvalue weighted by atomic mass is 10.5. The maximum Gasteiger partial charge on any atom is 0.320 e. The number of hydrogen-bond donors (Lipinski definition) is 1. The van der Waals surface area contributed by atoms with Crippen molar-refractivity contribution in [3.05, 3.63) is 12.7 Å². The van der Waals surface area contributed by atoms with Crippen molar-refractivity contribution in [2.45, 2.75) is 0 Å². The molecule has 0 radical (unpaired) electrons. The van der Waals surface area contributed by atoms with Crippen LogP contribution >= 0.6 is 0 Å². The summed E-state index contributed by atoms with van der Waals surface area (Å²) in [6, 6.07) is 0. The van der Waals surface area contributed by atoms with Crippen LogP contribution in [0.4, 0.5) is 0 Å². The van der Waals surface area contributed by atoms with Crippen molar-refractivity contribution in [1.29, 1.82) is 0 Å². The first kappa shape index (κ1) is 9.84. The summed E-state index contributed by atoms with van der Waals surface area (Å²) in [6.45, 7) is 3.94. The summed E-state index contributed by atoms with van der Waals surface area (Å²) in [4.78, 5) is 20.3. The topological polar surface area (TPSA) is 55.4 Å².